The number of aromatic amines is 1. The second kappa shape index (κ2) is 10.2. The third kappa shape index (κ3) is 5.53. The van der Waals surface area contributed by atoms with Gasteiger partial charge in [0.2, 0.25) is 5.91 Å². The minimum atomic E-state index is -0.0529. The van der Waals surface area contributed by atoms with E-state index in [1.807, 2.05) is 18.2 Å². The highest BCUT2D eigenvalue weighted by Gasteiger charge is 2.18. The number of hydrogen-bond acceptors (Lipinski definition) is 6. The summed E-state index contributed by atoms with van der Waals surface area (Å²) in [5, 5.41) is 7.21. The summed E-state index contributed by atoms with van der Waals surface area (Å²) in [5.41, 5.74) is 5.18. The molecular weight excluding hydrogens is 414 g/mol. The predicted molar refractivity (Wildman–Crippen MR) is 131 cm³/mol. The molecule has 0 saturated carbocycles. The predicted octanol–water partition coefficient (Wildman–Crippen LogP) is 3.51. The van der Waals surface area contributed by atoms with Crippen molar-refractivity contribution in [3.63, 3.8) is 0 Å². The van der Waals surface area contributed by atoms with E-state index in [4.69, 9.17) is 9.97 Å². The van der Waals surface area contributed by atoms with E-state index in [-0.39, 0.29) is 5.91 Å². The van der Waals surface area contributed by atoms with Crippen molar-refractivity contribution in [2.24, 2.45) is 0 Å². The van der Waals surface area contributed by atoms with Gasteiger partial charge in [0, 0.05) is 56.8 Å². The van der Waals surface area contributed by atoms with E-state index in [2.05, 4.69) is 63.7 Å². The summed E-state index contributed by atoms with van der Waals surface area (Å²) >= 11 is 0. The van der Waals surface area contributed by atoms with Crippen molar-refractivity contribution in [3.8, 4) is 11.4 Å². The topological polar surface area (TPSA) is 98.8 Å². The van der Waals surface area contributed by atoms with Gasteiger partial charge >= 0.3 is 0 Å². The third-order valence-corrected chi connectivity index (χ3v) is 5.42. The molecule has 0 aliphatic carbocycles. The Morgan fingerprint density at radius 2 is 1.79 bits per heavy atom. The molecule has 8 nitrogen and oxygen atoms in total. The minimum Gasteiger partial charge on any atom is -0.368 e. The smallest absolute Gasteiger partial charge is 0.216 e. The lowest BCUT2D eigenvalue weighted by Crippen LogP contribution is -2.26. The molecule has 3 heterocycles. The number of nitrogens with one attached hydrogen (secondary N) is 3. The van der Waals surface area contributed by atoms with Crippen LogP contribution in [-0.4, -0.2) is 50.9 Å². The fourth-order valence-corrected chi connectivity index (χ4v) is 3.87. The van der Waals surface area contributed by atoms with Crippen LogP contribution in [0.5, 0.6) is 0 Å². The molecule has 4 aromatic rings. The van der Waals surface area contributed by atoms with Crippen molar-refractivity contribution in [2.45, 2.75) is 26.9 Å². The quantitative estimate of drug-likeness (QED) is 0.343. The first kappa shape index (κ1) is 22.4. The molecular formula is C25H29N7O. The maximum Gasteiger partial charge on any atom is 0.216 e. The number of carbonyl (C=O) groups excluding carboxylic acids is 1. The van der Waals surface area contributed by atoms with E-state index in [0.29, 0.717) is 18.9 Å². The molecule has 0 saturated heterocycles. The number of carbonyl (C=O) groups is 1. The number of H-pyrrole nitrogens is 1. The Kier molecular flexibility index (Phi) is 6.95. The highest BCUT2D eigenvalue weighted by atomic mass is 16.1. The van der Waals surface area contributed by atoms with Crippen LogP contribution < -0.4 is 10.6 Å². The molecule has 4 rings (SSSR count). The van der Waals surface area contributed by atoms with Gasteiger partial charge in [0.1, 0.15) is 11.5 Å². The van der Waals surface area contributed by atoms with E-state index in [0.717, 1.165) is 46.8 Å². The van der Waals surface area contributed by atoms with Crippen molar-refractivity contribution in [1.29, 1.82) is 0 Å². The fourth-order valence-electron chi connectivity index (χ4n) is 3.87. The maximum absolute atomic E-state index is 11.3. The minimum absolute atomic E-state index is 0.0529. The van der Waals surface area contributed by atoms with Gasteiger partial charge in [-0.05, 0) is 37.2 Å². The Hall–Kier alpha value is -3.78. The Balaban J connectivity index is 1.67. The molecule has 0 unspecified atom stereocenters. The Morgan fingerprint density at radius 1 is 1.03 bits per heavy atom. The summed E-state index contributed by atoms with van der Waals surface area (Å²) in [6.45, 7) is 6.25. The molecule has 0 atom stereocenters. The van der Waals surface area contributed by atoms with Gasteiger partial charge in [-0.2, -0.15) is 0 Å². The Bertz CT molecular complexity index is 1220. The van der Waals surface area contributed by atoms with E-state index < -0.39 is 0 Å². The summed E-state index contributed by atoms with van der Waals surface area (Å²) in [6, 6.07) is 14.2. The average molecular weight is 444 g/mol. The zero-order chi connectivity index (χ0) is 23.2. The number of pyridine rings is 1. The number of hydrogen-bond donors (Lipinski definition) is 3. The van der Waals surface area contributed by atoms with Crippen LogP contribution in [0.3, 0.4) is 0 Å². The first-order chi connectivity index (χ1) is 16.0. The second-order valence-electron chi connectivity index (χ2n) is 8.15. The first-order valence-corrected chi connectivity index (χ1v) is 11.0. The number of amides is 1. The molecule has 0 bridgehead atoms. The molecule has 33 heavy (non-hydrogen) atoms. The molecule has 1 amide bonds. The highest BCUT2D eigenvalue weighted by molar-refractivity contribution is 5.93. The average Bonchev–Trinajstić information content (AvgIpc) is 3.12. The number of fused-ring (bicyclic) bond motifs is 1. The summed E-state index contributed by atoms with van der Waals surface area (Å²) in [4.78, 5) is 30.7. The standard InChI is InChI=1S/C25H29N7O/c1-17-21(16-32(3)15-19-7-5-4-6-8-19)22-24(28-14-13-27-18(2)33)30-23(31-25(22)29-17)20-9-11-26-12-10-20/h4-12H,13-16H2,1-3H3,(H,27,33)(H2,28,29,30,31). The molecule has 170 valence electrons. The van der Waals surface area contributed by atoms with Crippen LogP contribution in [0.15, 0.2) is 54.9 Å². The van der Waals surface area contributed by atoms with Crippen LogP contribution in [0.2, 0.25) is 0 Å². The van der Waals surface area contributed by atoms with E-state index >= 15 is 0 Å². The van der Waals surface area contributed by atoms with Gasteiger partial charge in [-0.15, -0.1) is 0 Å². The second-order valence-corrected chi connectivity index (χ2v) is 8.15. The molecule has 0 aliphatic rings. The van der Waals surface area contributed by atoms with Crippen LogP contribution in [0.25, 0.3) is 22.4 Å². The molecule has 3 aromatic heterocycles. The van der Waals surface area contributed by atoms with Crippen molar-refractivity contribution < 1.29 is 4.79 Å². The Morgan fingerprint density at radius 3 is 2.52 bits per heavy atom. The summed E-state index contributed by atoms with van der Waals surface area (Å²) in [5.74, 6) is 1.32. The van der Waals surface area contributed by atoms with Gasteiger partial charge < -0.3 is 15.6 Å². The number of aryl methyl sites for hydroxylation is 1. The van der Waals surface area contributed by atoms with E-state index in [1.165, 1.54) is 12.5 Å². The highest BCUT2D eigenvalue weighted by Crippen LogP contribution is 2.30. The van der Waals surface area contributed by atoms with Gasteiger partial charge in [-0.25, -0.2) is 9.97 Å². The maximum atomic E-state index is 11.3. The lowest BCUT2D eigenvalue weighted by molar-refractivity contribution is -0.118. The molecule has 3 N–H and O–H groups in total. The van der Waals surface area contributed by atoms with Crippen LogP contribution in [0, 0.1) is 6.92 Å². The number of benzene rings is 1. The molecule has 0 fully saturated rings. The zero-order valence-corrected chi connectivity index (χ0v) is 19.2. The van der Waals surface area contributed by atoms with Gasteiger partial charge in [-0.3, -0.25) is 14.7 Å². The van der Waals surface area contributed by atoms with Crippen molar-refractivity contribution >= 4 is 22.8 Å². The normalized spacial score (nSPS) is 11.2. The number of aromatic nitrogens is 4. The van der Waals surface area contributed by atoms with E-state index in [9.17, 15) is 4.79 Å². The summed E-state index contributed by atoms with van der Waals surface area (Å²) in [6.07, 6.45) is 3.47. The lowest BCUT2D eigenvalue weighted by Gasteiger charge is -2.18. The first-order valence-electron chi connectivity index (χ1n) is 11.0. The zero-order valence-electron chi connectivity index (χ0n) is 19.2. The van der Waals surface area contributed by atoms with Gasteiger partial charge in [-0.1, -0.05) is 30.3 Å². The number of rotatable bonds is 9. The number of nitrogens with zero attached hydrogens (tertiary/aromatic N) is 4. The molecule has 1 aromatic carbocycles. The van der Waals surface area contributed by atoms with E-state index in [1.54, 1.807) is 12.4 Å². The molecule has 0 aliphatic heterocycles. The van der Waals surface area contributed by atoms with Gasteiger partial charge in [0.05, 0.1) is 5.39 Å². The van der Waals surface area contributed by atoms with Crippen molar-refractivity contribution in [2.75, 3.05) is 25.5 Å². The lowest BCUT2D eigenvalue weighted by atomic mass is 10.1. The summed E-state index contributed by atoms with van der Waals surface area (Å²) < 4.78 is 0. The van der Waals surface area contributed by atoms with Crippen molar-refractivity contribution in [3.05, 3.63) is 71.7 Å². The third-order valence-electron chi connectivity index (χ3n) is 5.42. The fraction of sp³-hybridized carbons (Fsp3) is 0.280. The Labute approximate surface area is 193 Å². The SMILES string of the molecule is CC(=O)NCCNc1nc(-c2ccncc2)nc2[nH]c(C)c(CN(C)Cc3ccccc3)c12. The van der Waals surface area contributed by atoms with Gasteiger partial charge in [0.15, 0.2) is 5.82 Å². The monoisotopic (exact) mass is 443 g/mol. The van der Waals surface area contributed by atoms with Crippen LogP contribution >= 0.6 is 0 Å². The van der Waals surface area contributed by atoms with Crippen LogP contribution in [0.1, 0.15) is 23.7 Å². The summed E-state index contributed by atoms with van der Waals surface area (Å²) in [7, 11) is 2.11. The van der Waals surface area contributed by atoms with Crippen molar-refractivity contribution in [1.82, 2.24) is 30.2 Å². The molecule has 8 heteroatoms. The molecule has 0 radical (unpaired) electrons. The van der Waals surface area contributed by atoms with Crippen LogP contribution in [-0.2, 0) is 17.9 Å². The largest absolute Gasteiger partial charge is 0.368 e. The number of anilines is 1. The van der Waals surface area contributed by atoms with Crippen LogP contribution in [0.4, 0.5) is 5.82 Å². The van der Waals surface area contributed by atoms with Gasteiger partial charge in [0.25, 0.3) is 0 Å². The molecule has 0 spiro atoms.